The maximum absolute atomic E-state index is 12.5. The van der Waals surface area contributed by atoms with Gasteiger partial charge in [-0.25, -0.2) is 8.42 Å². The van der Waals surface area contributed by atoms with Crippen molar-refractivity contribution < 1.29 is 13.2 Å². The molecule has 0 amide bonds. The standard InChI is InChI=1S/C22H29N3O3S/c1-17-9-10-20(18(2)15-17)21-16-25(12-13-28-21)22(23-3)24-11-14-29(26,27)19-7-5-4-6-8-19/h4-10,15,21H,11-14,16H2,1-3H3,(H,23,24). The second kappa shape index (κ2) is 9.41. The summed E-state index contributed by atoms with van der Waals surface area (Å²) in [6.07, 6.45) is -0.0315. The highest BCUT2D eigenvalue weighted by Gasteiger charge is 2.25. The molecule has 2 aromatic carbocycles. The maximum atomic E-state index is 12.5. The van der Waals surface area contributed by atoms with Crippen molar-refractivity contribution in [2.45, 2.75) is 24.8 Å². The van der Waals surface area contributed by atoms with Crippen LogP contribution in [-0.2, 0) is 14.6 Å². The third-order valence-electron chi connectivity index (χ3n) is 5.11. The van der Waals surface area contributed by atoms with E-state index in [4.69, 9.17) is 4.74 Å². The van der Waals surface area contributed by atoms with Gasteiger partial charge in [0.2, 0.25) is 0 Å². The summed E-state index contributed by atoms with van der Waals surface area (Å²) in [6.45, 7) is 6.48. The monoisotopic (exact) mass is 415 g/mol. The molecule has 2 aromatic rings. The summed E-state index contributed by atoms with van der Waals surface area (Å²) >= 11 is 0. The molecule has 1 N–H and O–H groups in total. The fraction of sp³-hybridized carbons (Fsp3) is 0.409. The fourth-order valence-electron chi connectivity index (χ4n) is 3.59. The second-order valence-corrected chi connectivity index (χ2v) is 9.38. The van der Waals surface area contributed by atoms with Crippen LogP contribution in [0.2, 0.25) is 0 Å². The Morgan fingerprint density at radius 3 is 2.66 bits per heavy atom. The molecule has 0 bridgehead atoms. The predicted octanol–water partition coefficient (Wildman–Crippen LogP) is 2.73. The molecule has 6 nitrogen and oxygen atoms in total. The van der Waals surface area contributed by atoms with Crippen molar-refractivity contribution in [2.75, 3.05) is 39.0 Å². The third-order valence-corrected chi connectivity index (χ3v) is 6.84. The van der Waals surface area contributed by atoms with Crippen LogP contribution in [0.25, 0.3) is 0 Å². The summed E-state index contributed by atoms with van der Waals surface area (Å²) in [6, 6.07) is 14.9. The Balaban J connectivity index is 1.61. The average molecular weight is 416 g/mol. The average Bonchev–Trinajstić information content (AvgIpc) is 2.72. The number of benzene rings is 2. The van der Waals surface area contributed by atoms with Crippen molar-refractivity contribution in [3.63, 3.8) is 0 Å². The molecule has 29 heavy (non-hydrogen) atoms. The number of guanidine groups is 1. The third kappa shape index (κ3) is 5.36. The van der Waals surface area contributed by atoms with E-state index in [9.17, 15) is 8.42 Å². The van der Waals surface area contributed by atoms with Gasteiger partial charge in [-0.3, -0.25) is 4.99 Å². The molecule has 3 rings (SSSR count). The first-order valence-electron chi connectivity index (χ1n) is 9.83. The first kappa shape index (κ1) is 21.3. The van der Waals surface area contributed by atoms with Crippen LogP contribution in [0, 0.1) is 13.8 Å². The number of nitrogens with one attached hydrogen (secondary N) is 1. The largest absolute Gasteiger partial charge is 0.370 e. The number of hydrogen-bond donors (Lipinski definition) is 1. The van der Waals surface area contributed by atoms with E-state index in [1.807, 2.05) is 6.07 Å². The number of morpholine rings is 1. The zero-order valence-electron chi connectivity index (χ0n) is 17.3. The van der Waals surface area contributed by atoms with Crippen molar-refractivity contribution in [3.8, 4) is 0 Å². The molecule has 1 saturated heterocycles. The molecule has 7 heteroatoms. The highest BCUT2D eigenvalue weighted by Crippen LogP contribution is 2.25. The van der Waals surface area contributed by atoms with Crippen LogP contribution in [0.1, 0.15) is 22.8 Å². The number of hydrogen-bond acceptors (Lipinski definition) is 4. The van der Waals surface area contributed by atoms with Gasteiger partial charge in [-0.1, -0.05) is 42.0 Å². The van der Waals surface area contributed by atoms with Gasteiger partial charge >= 0.3 is 0 Å². The molecule has 1 aliphatic heterocycles. The van der Waals surface area contributed by atoms with E-state index in [1.165, 1.54) is 16.7 Å². The molecule has 1 heterocycles. The van der Waals surface area contributed by atoms with Gasteiger partial charge in [0.1, 0.15) is 6.10 Å². The minimum absolute atomic E-state index is 0.0148. The molecule has 1 unspecified atom stereocenters. The summed E-state index contributed by atoms with van der Waals surface area (Å²) < 4.78 is 30.9. The number of rotatable bonds is 5. The van der Waals surface area contributed by atoms with Crippen molar-refractivity contribution in [1.29, 1.82) is 0 Å². The zero-order valence-corrected chi connectivity index (χ0v) is 18.1. The van der Waals surface area contributed by atoms with Crippen LogP contribution >= 0.6 is 0 Å². The smallest absolute Gasteiger partial charge is 0.193 e. The van der Waals surface area contributed by atoms with E-state index < -0.39 is 9.84 Å². The number of sulfone groups is 1. The van der Waals surface area contributed by atoms with Gasteiger partial charge in [0, 0.05) is 20.1 Å². The Hall–Kier alpha value is -2.38. The van der Waals surface area contributed by atoms with Crippen molar-refractivity contribution in [2.24, 2.45) is 4.99 Å². The predicted molar refractivity (Wildman–Crippen MR) is 116 cm³/mol. The van der Waals surface area contributed by atoms with Gasteiger partial charge in [0.15, 0.2) is 15.8 Å². The van der Waals surface area contributed by atoms with Crippen LogP contribution in [0.15, 0.2) is 58.4 Å². The van der Waals surface area contributed by atoms with Gasteiger partial charge in [0.25, 0.3) is 0 Å². The van der Waals surface area contributed by atoms with Gasteiger partial charge < -0.3 is 15.0 Å². The maximum Gasteiger partial charge on any atom is 0.193 e. The summed E-state index contributed by atoms with van der Waals surface area (Å²) in [5.41, 5.74) is 3.63. The minimum atomic E-state index is -3.32. The van der Waals surface area contributed by atoms with Crippen molar-refractivity contribution in [1.82, 2.24) is 10.2 Å². The Kier molecular flexibility index (Phi) is 6.92. The zero-order chi connectivity index (χ0) is 20.9. The highest BCUT2D eigenvalue weighted by atomic mass is 32.2. The number of nitrogens with zero attached hydrogens (tertiary/aromatic N) is 2. The molecule has 0 spiro atoms. The SMILES string of the molecule is CN=C(NCCS(=O)(=O)c1ccccc1)N1CCOC(c2ccc(C)cc2C)C1. The molecule has 1 fully saturated rings. The topological polar surface area (TPSA) is 71.0 Å². The van der Waals surface area contributed by atoms with Crippen molar-refractivity contribution >= 4 is 15.8 Å². The summed E-state index contributed by atoms with van der Waals surface area (Å²) in [4.78, 5) is 6.82. The lowest BCUT2D eigenvalue weighted by Gasteiger charge is -2.35. The molecular weight excluding hydrogens is 386 g/mol. The van der Waals surface area contributed by atoms with Gasteiger partial charge in [-0.2, -0.15) is 0 Å². The molecule has 156 valence electrons. The molecule has 0 aromatic heterocycles. The Morgan fingerprint density at radius 2 is 1.97 bits per heavy atom. The van der Waals surface area contributed by atoms with E-state index in [0.717, 1.165) is 0 Å². The van der Waals surface area contributed by atoms with Gasteiger partial charge in [0.05, 0.1) is 23.8 Å². The second-order valence-electron chi connectivity index (χ2n) is 7.27. The van der Waals surface area contributed by atoms with Gasteiger partial charge in [-0.15, -0.1) is 0 Å². The molecule has 0 saturated carbocycles. The number of aliphatic imine (C=N–C) groups is 1. The highest BCUT2D eigenvalue weighted by molar-refractivity contribution is 7.91. The van der Waals surface area contributed by atoms with Gasteiger partial charge in [-0.05, 0) is 37.1 Å². The number of aryl methyl sites for hydroxylation is 2. The summed E-state index contributed by atoms with van der Waals surface area (Å²) in [5.74, 6) is 0.715. The quantitative estimate of drug-likeness (QED) is 0.601. The Bertz CT molecular complexity index is 959. The first-order chi connectivity index (χ1) is 13.9. The lowest BCUT2D eigenvalue weighted by atomic mass is 10.00. The molecule has 0 radical (unpaired) electrons. The van der Waals surface area contributed by atoms with Crippen LogP contribution in [0.3, 0.4) is 0 Å². The minimum Gasteiger partial charge on any atom is -0.370 e. The molecule has 1 aliphatic rings. The van der Waals surface area contributed by atoms with E-state index in [2.05, 4.69) is 47.3 Å². The Labute approximate surface area is 173 Å². The summed E-state index contributed by atoms with van der Waals surface area (Å²) in [5, 5.41) is 3.20. The van der Waals surface area contributed by atoms with Crippen LogP contribution < -0.4 is 5.32 Å². The molecule has 1 atom stereocenters. The lowest BCUT2D eigenvalue weighted by Crippen LogP contribution is -2.49. The van der Waals surface area contributed by atoms with E-state index in [1.54, 1.807) is 31.3 Å². The van der Waals surface area contributed by atoms with Crippen LogP contribution in [0.4, 0.5) is 0 Å². The fourth-order valence-corrected chi connectivity index (χ4v) is 4.77. The molecular formula is C22H29N3O3S. The Morgan fingerprint density at radius 1 is 1.21 bits per heavy atom. The van der Waals surface area contributed by atoms with Crippen LogP contribution in [-0.4, -0.2) is 58.3 Å². The lowest BCUT2D eigenvalue weighted by molar-refractivity contribution is -0.00827. The summed E-state index contributed by atoms with van der Waals surface area (Å²) in [7, 11) is -1.60. The first-order valence-corrected chi connectivity index (χ1v) is 11.5. The molecule has 0 aliphatic carbocycles. The normalized spacial score (nSPS) is 18.0. The van der Waals surface area contributed by atoms with E-state index in [-0.39, 0.29) is 11.9 Å². The van der Waals surface area contributed by atoms with E-state index in [0.29, 0.717) is 37.1 Å². The number of ether oxygens (including phenoxy) is 1. The van der Waals surface area contributed by atoms with Crippen LogP contribution in [0.5, 0.6) is 0 Å². The van der Waals surface area contributed by atoms with Crippen molar-refractivity contribution in [3.05, 3.63) is 65.2 Å². The van der Waals surface area contributed by atoms with E-state index >= 15 is 0 Å².